The van der Waals surface area contributed by atoms with Crippen LogP contribution in [0.25, 0.3) is 5.65 Å². The molecule has 0 radical (unpaired) electrons. The van der Waals surface area contributed by atoms with Gasteiger partial charge in [-0.15, -0.1) is 10.2 Å². The number of amides is 1. The van der Waals surface area contributed by atoms with Crippen LogP contribution in [0.3, 0.4) is 0 Å². The molecule has 0 bridgehead atoms. The number of benzene rings is 2. The largest absolute Gasteiger partial charge is 0.454 e. The van der Waals surface area contributed by atoms with Crippen LogP contribution in [0.4, 0.5) is 5.69 Å². The molecule has 1 amide bonds. The average Bonchev–Trinajstić information content (AvgIpc) is 3.43. The molecule has 2 aromatic heterocycles. The van der Waals surface area contributed by atoms with Crippen molar-refractivity contribution in [3.63, 3.8) is 0 Å². The normalized spacial score (nSPS) is 21.5. The quantitative estimate of drug-likeness (QED) is 0.321. The van der Waals surface area contributed by atoms with Gasteiger partial charge in [-0.05, 0) is 36.6 Å². The first-order valence-corrected chi connectivity index (χ1v) is 11.6. The summed E-state index contributed by atoms with van der Waals surface area (Å²) < 4.78 is 7.65. The number of aromatic nitrogens is 3. The van der Waals surface area contributed by atoms with E-state index in [9.17, 15) is 24.8 Å². The Morgan fingerprint density at radius 2 is 1.95 bits per heavy atom. The maximum atomic E-state index is 14.2. The number of carbonyl (C=O) groups excluding carboxylic acids is 2. The second-order valence-corrected chi connectivity index (χ2v) is 9.51. The molecule has 2 aliphatic rings. The van der Waals surface area contributed by atoms with Gasteiger partial charge in [-0.1, -0.05) is 38.1 Å². The van der Waals surface area contributed by atoms with Crippen LogP contribution in [0.15, 0.2) is 54.7 Å². The molecule has 0 saturated carbocycles. The van der Waals surface area contributed by atoms with Gasteiger partial charge in [-0.3, -0.25) is 24.1 Å². The summed E-state index contributed by atoms with van der Waals surface area (Å²) in [5, 5.41) is 34.7. The zero-order chi connectivity index (χ0) is 26.3. The highest BCUT2D eigenvalue weighted by Crippen LogP contribution is 2.59. The van der Waals surface area contributed by atoms with E-state index in [1.165, 1.54) is 24.3 Å². The van der Waals surface area contributed by atoms with Crippen molar-refractivity contribution in [1.29, 1.82) is 0 Å². The molecular weight excluding hydrogens is 478 g/mol. The van der Waals surface area contributed by atoms with Crippen LogP contribution in [0.2, 0.25) is 0 Å². The molecule has 2 atom stereocenters. The molecular formula is C26H21N5O6. The van der Waals surface area contributed by atoms with Crippen molar-refractivity contribution >= 4 is 23.0 Å². The lowest BCUT2D eigenvalue weighted by Crippen LogP contribution is -2.60. The summed E-state index contributed by atoms with van der Waals surface area (Å²) in [4.78, 5) is 39.0. The molecule has 11 heteroatoms. The van der Waals surface area contributed by atoms with E-state index in [0.29, 0.717) is 5.82 Å². The number of aryl methyl sites for hydroxylation is 1. The summed E-state index contributed by atoms with van der Waals surface area (Å²) in [6.45, 7) is 5.69. The first-order valence-electron chi connectivity index (χ1n) is 11.6. The first kappa shape index (κ1) is 22.8. The van der Waals surface area contributed by atoms with Crippen LogP contribution >= 0.6 is 0 Å². The van der Waals surface area contributed by atoms with E-state index in [1.807, 2.05) is 13.8 Å². The molecule has 4 aromatic rings. The van der Waals surface area contributed by atoms with E-state index in [4.69, 9.17) is 4.74 Å². The monoisotopic (exact) mass is 499 g/mol. The molecule has 2 unspecified atom stereocenters. The molecule has 1 aliphatic carbocycles. The highest BCUT2D eigenvalue weighted by atomic mass is 16.6. The van der Waals surface area contributed by atoms with Gasteiger partial charge in [0.2, 0.25) is 11.3 Å². The van der Waals surface area contributed by atoms with E-state index in [-0.39, 0.29) is 39.6 Å². The molecule has 2 N–H and O–H groups in total. The Hall–Kier alpha value is -4.64. The molecule has 6 rings (SSSR count). The van der Waals surface area contributed by atoms with Gasteiger partial charge in [0.05, 0.1) is 10.5 Å². The number of carbonyl (C=O) groups is 2. The first-order chi connectivity index (χ1) is 17.6. The van der Waals surface area contributed by atoms with E-state index in [1.54, 1.807) is 41.8 Å². The third-order valence-corrected chi connectivity index (χ3v) is 7.17. The number of Topliss-reactive ketones (excluding diaryl/α,β-unsaturated/α-hetero) is 1. The van der Waals surface area contributed by atoms with E-state index in [0.717, 1.165) is 5.56 Å². The zero-order valence-electron chi connectivity index (χ0n) is 20.1. The Bertz CT molecular complexity index is 1680. The lowest BCUT2D eigenvalue weighted by Gasteiger charge is -2.34. The maximum Gasteiger partial charge on any atom is 0.280 e. The van der Waals surface area contributed by atoms with Crippen molar-refractivity contribution in [3.8, 4) is 5.75 Å². The molecule has 1 aliphatic heterocycles. The minimum atomic E-state index is -2.42. The number of ether oxygens (including phenoxy) is 1. The fraction of sp³-hybridized carbons (Fsp3) is 0.231. The summed E-state index contributed by atoms with van der Waals surface area (Å²) in [6.07, 6.45) is 1.69. The third kappa shape index (κ3) is 2.79. The van der Waals surface area contributed by atoms with Crippen LogP contribution in [0.5, 0.6) is 5.75 Å². The van der Waals surface area contributed by atoms with E-state index >= 15 is 0 Å². The Kier molecular flexibility index (Phi) is 4.58. The third-order valence-electron chi connectivity index (χ3n) is 7.17. The Labute approximate surface area is 209 Å². The summed E-state index contributed by atoms with van der Waals surface area (Å²) in [6, 6.07) is 12.2. The molecule has 0 spiro atoms. The molecule has 186 valence electrons. The van der Waals surface area contributed by atoms with Gasteiger partial charge in [0.15, 0.2) is 5.65 Å². The number of nitro benzene ring substituents is 1. The van der Waals surface area contributed by atoms with Crippen LogP contribution in [-0.2, 0) is 11.3 Å². The van der Waals surface area contributed by atoms with Gasteiger partial charge in [0, 0.05) is 23.4 Å². The van der Waals surface area contributed by atoms with Crippen molar-refractivity contribution < 1.29 is 24.4 Å². The predicted octanol–water partition coefficient (Wildman–Crippen LogP) is 3.13. The fourth-order valence-corrected chi connectivity index (χ4v) is 5.30. The molecule has 2 aromatic carbocycles. The number of rotatable bonds is 4. The fourth-order valence-electron chi connectivity index (χ4n) is 5.30. The Morgan fingerprint density at radius 1 is 1.16 bits per heavy atom. The van der Waals surface area contributed by atoms with E-state index in [2.05, 4.69) is 15.5 Å². The van der Waals surface area contributed by atoms with Crippen LogP contribution < -0.4 is 10.1 Å². The van der Waals surface area contributed by atoms with Gasteiger partial charge in [-0.2, -0.15) is 0 Å². The topological polar surface area (TPSA) is 149 Å². The Balaban J connectivity index is 1.59. The molecule has 3 heterocycles. The second-order valence-electron chi connectivity index (χ2n) is 9.51. The van der Waals surface area contributed by atoms with Gasteiger partial charge >= 0.3 is 0 Å². The number of nitrogens with zero attached hydrogens (tertiary/aromatic N) is 4. The number of nitrogens with one attached hydrogen (secondary N) is 1. The Morgan fingerprint density at radius 3 is 2.68 bits per heavy atom. The number of hydrogen-bond donors (Lipinski definition) is 2. The molecule has 0 fully saturated rings. The minimum absolute atomic E-state index is 0.0918. The van der Waals surface area contributed by atoms with Crippen LogP contribution in [0, 0.1) is 17.0 Å². The number of nitro groups is 1. The predicted molar refractivity (Wildman–Crippen MR) is 129 cm³/mol. The smallest absolute Gasteiger partial charge is 0.280 e. The van der Waals surface area contributed by atoms with Crippen LogP contribution in [-0.4, -0.2) is 36.3 Å². The van der Waals surface area contributed by atoms with Crippen molar-refractivity contribution in [1.82, 2.24) is 19.9 Å². The highest BCUT2D eigenvalue weighted by molar-refractivity contribution is 6.16. The van der Waals surface area contributed by atoms with Crippen LogP contribution in [0.1, 0.15) is 63.0 Å². The van der Waals surface area contributed by atoms with Gasteiger partial charge in [0.25, 0.3) is 17.4 Å². The average molecular weight is 499 g/mol. The van der Waals surface area contributed by atoms with Crippen molar-refractivity contribution in [2.24, 2.45) is 0 Å². The lowest BCUT2D eigenvalue weighted by molar-refractivity contribution is -0.385. The maximum absolute atomic E-state index is 14.2. The number of aliphatic hydroxyl groups is 1. The van der Waals surface area contributed by atoms with Crippen molar-refractivity contribution in [2.75, 3.05) is 0 Å². The molecule has 0 saturated heterocycles. The zero-order valence-corrected chi connectivity index (χ0v) is 20.1. The standard InChI is InChI=1S/C26H21N5O6/c1-13(2)15-9-10-17-20(12-15)37-26(34)18-7-4-8-19(31(35)36)21(18)22(32)25(17,26)27-24(33)16-6-5-11-30-14(3)28-29-23(16)30/h4-13,34H,1-3H3,(H,27,33). The number of pyridine rings is 1. The van der Waals surface area contributed by atoms with Gasteiger partial charge in [0.1, 0.15) is 17.1 Å². The van der Waals surface area contributed by atoms with Crippen molar-refractivity contribution in [3.05, 3.63) is 98.5 Å². The van der Waals surface area contributed by atoms with Gasteiger partial charge < -0.3 is 15.2 Å². The van der Waals surface area contributed by atoms with Gasteiger partial charge in [-0.25, -0.2) is 0 Å². The summed E-state index contributed by atoms with van der Waals surface area (Å²) in [5.74, 6) is -3.12. The summed E-state index contributed by atoms with van der Waals surface area (Å²) in [5.41, 5.74) is -1.63. The molecule has 11 nitrogen and oxygen atoms in total. The SMILES string of the molecule is Cc1nnc2c(C(=O)NC34C(=O)c5c([N+](=O)[O-])cccc5C3(O)Oc3cc(C(C)C)ccc34)cccn12. The number of fused-ring (bicyclic) bond motifs is 6. The number of ketones is 1. The second kappa shape index (κ2) is 7.43. The highest BCUT2D eigenvalue weighted by Gasteiger charge is 2.73. The number of hydrogen-bond acceptors (Lipinski definition) is 8. The summed E-state index contributed by atoms with van der Waals surface area (Å²) >= 11 is 0. The van der Waals surface area contributed by atoms with Crippen molar-refractivity contribution in [2.45, 2.75) is 38.0 Å². The summed E-state index contributed by atoms with van der Waals surface area (Å²) in [7, 11) is 0. The molecule has 37 heavy (non-hydrogen) atoms. The minimum Gasteiger partial charge on any atom is -0.454 e. The van der Waals surface area contributed by atoms with E-state index < -0.39 is 33.6 Å². The lowest BCUT2D eigenvalue weighted by atomic mass is 9.82.